The summed E-state index contributed by atoms with van der Waals surface area (Å²) in [6, 6.07) is 0. The molecule has 1 aromatic rings. The fraction of sp³-hybridized carbons (Fsp3) is 0.692. The van der Waals surface area contributed by atoms with Gasteiger partial charge in [-0.15, -0.1) is 0 Å². The van der Waals surface area contributed by atoms with Crippen molar-refractivity contribution in [2.45, 2.75) is 45.3 Å². The molecule has 0 spiro atoms. The number of nitrogens with zero attached hydrogens (tertiary/aromatic N) is 2. The Balaban J connectivity index is 2.01. The molecule has 6 heteroatoms. The highest BCUT2D eigenvalue weighted by Crippen LogP contribution is 2.26. The molecule has 1 saturated carbocycles. The van der Waals surface area contributed by atoms with E-state index in [1.165, 1.54) is 4.68 Å². The molecule has 0 bridgehead atoms. The maximum atomic E-state index is 11.9. The molecule has 0 aliphatic heterocycles. The molecule has 1 fully saturated rings. The Morgan fingerprint density at radius 2 is 2.37 bits per heavy atom. The molecule has 2 N–H and O–H groups in total. The van der Waals surface area contributed by atoms with Crippen LogP contribution >= 0.6 is 11.6 Å². The zero-order valence-corrected chi connectivity index (χ0v) is 11.9. The van der Waals surface area contributed by atoms with Crippen LogP contribution in [0.5, 0.6) is 0 Å². The number of aromatic nitrogens is 2. The highest BCUT2D eigenvalue weighted by Gasteiger charge is 2.22. The molecule has 0 radical (unpaired) electrons. The third-order valence-corrected chi connectivity index (χ3v) is 3.88. The van der Waals surface area contributed by atoms with E-state index in [1.54, 1.807) is 6.20 Å². The van der Waals surface area contributed by atoms with Crippen LogP contribution in [0.25, 0.3) is 0 Å². The van der Waals surface area contributed by atoms with Crippen LogP contribution in [-0.4, -0.2) is 27.5 Å². The summed E-state index contributed by atoms with van der Waals surface area (Å²) in [5.41, 5.74) is 0.334. The number of hydrogen-bond acceptors (Lipinski definition) is 4. The molecule has 2 rings (SSSR count). The largest absolute Gasteiger partial charge is 0.393 e. The number of aliphatic hydroxyl groups excluding tert-OH is 1. The van der Waals surface area contributed by atoms with E-state index in [-0.39, 0.29) is 16.7 Å². The van der Waals surface area contributed by atoms with Gasteiger partial charge >= 0.3 is 0 Å². The van der Waals surface area contributed by atoms with Crippen LogP contribution in [0.1, 0.15) is 32.6 Å². The lowest BCUT2D eigenvalue weighted by Gasteiger charge is -2.13. The molecule has 1 aromatic heterocycles. The van der Waals surface area contributed by atoms with Crippen molar-refractivity contribution >= 4 is 17.3 Å². The van der Waals surface area contributed by atoms with Gasteiger partial charge in [-0.2, -0.15) is 5.10 Å². The minimum Gasteiger partial charge on any atom is -0.393 e. The maximum Gasteiger partial charge on any atom is 0.287 e. The number of aliphatic hydroxyl groups is 1. The molecule has 19 heavy (non-hydrogen) atoms. The molecule has 0 amide bonds. The predicted molar refractivity (Wildman–Crippen MR) is 75.6 cm³/mol. The lowest BCUT2D eigenvalue weighted by Crippen LogP contribution is -2.25. The molecule has 5 nitrogen and oxygen atoms in total. The average molecular weight is 286 g/mol. The Bertz CT molecular complexity index is 489. The monoisotopic (exact) mass is 285 g/mol. The number of nitrogens with one attached hydrogen (secondary N) is 1. The van der Waals surface area contributed by atoms with Crippen molar-refractivity contribution in [3.05, 3.63) is 21.6 Å². The third-order valence-electron chi connectivity index (χ3n) is 3.52. The molecular weight excluding hydrogens is 266 g/mol. The lowest BCUT2D eigenvalue weighted by molar-refractivity contribution is 0.178. The van der Waals surface area contributed by atoms with E-state index in [4.69, 9.17) is 11.6 Å². The van der Waals surface area contributed by atoms with Gasteiger partial charge in [-0.05, 0) is 31.6 Å². The minimum absolute atomic E-state index is 0.182. The first-order valence-electron chi connectivity index (χ1n) is 6.79. The van der Waals surface area contributed by atoms with Gasteiger partial charge in [0.05, 0.1) is 18.0 Å². The van der Waals surface area contributed by atoms with Crippen LogP contribution in [0.15, 0.2) is 11.0 Å². The van der Waals surface area contributed by atoms with Crippen LogP contribution in [-0.2, 0) is 6.54 Å². The summed E-state index contributed by atoms with van der Waals surface area (Å²) in [4.78, 5) is 11.9. The molecule has 2 atom stereocenters. The zero-order valence-electron chi connectivity index (χ0n) is 11.1. The van der Waals surface area contributed by atoms with Gasteiger partial charge in [0.2, 0.25) is 0 Å². The van der Waals surface area contributed by atoms with E-state index in [9.17, 15) is 9.90 Å². The molecule has 2 unspecified atom stereocenters. The minimum atomic E-state index is -0.250. The SMILES string of the molecule is CCCn1ncc(NCC2CCC(O)C2)c(Cl)c1=O. The van der Waals surface area contributed by atoms with E-state index in [0.29, 0.717) is 18.2 Å². The molecule has 1 aliphatic carbocycles. The van der Waals surface area contributed by atoms with Crippen molar-refractivity contribution in [1.29, 1.82) is 0 Å². The summed E-state index contributed by atoms with van der Waals surface area (Å²) >= 11 is 6.06. The molecule has 0 aromatic carbocycles. The Kier molecular flexibility index (Phi) is 4.82. The maximum absolute atomic E-state index is 11.9. The quantitative estimate of drug-likeness (QED) is 0.867. The lowest BCUT2D eigenvalue weighted by atomic mass is 10.1. The Hall–Kier alpha value is -1.07. The Morgan fingerprint density at radius 1 is 1.58 bits per heavy atom. The van der Waals surface area contributed by atoms with E-state index >= 15 is 0 Å². The molecule has 106 valence electrons. The second kappa shape index (κ2) is 6.39. The van der Waals surface area contributed by atoms with Gasteiger partial charge in [-0.25, -0.2) is 4.68 Å². The van der Waals surface area contributed by atoms with Crippen molar-refractivity contribution in [2.75, 3.05) is 11.9 Å². The second-order valence-electron chi connectivity index (χ2n) is 5.11. The van der Waals surface area contributed by atoms with E-state index in [1.807, 2.05) is 6.92 Å². The van der Waals surface area contributed by atoms with Gasteiger partial charge in [0.1, 0.15) is 5.02 Å². The summed E-state index contributed by atoms with van der Waals surface area (Å²) in [6.07, 6.45) is 4.94. The summed E-state index contributed by atoms with van der Waals surface area (Å²) in [6.45, 7) is 3.28. The van der Waals surface area contributed by atoms with Crippen molar-refractivity contribution < 1.29 is 5.11 Å². The topological polar surface area (TPSA) is 67.2 Å². The number of halogens is 1. The van der Waals surface area contributed by atoms with Crippen LogP contribution in [0.3, 0.4) is 0 Å². The van der Waals surface area contributed by atoms with Crippen LogP contribution in [0.4, 0.5) is 5.69 Å². The van der Waals surface area contributed by atoms with Gasteiger partial charge in [0.25, 0.3) is 5.56 Å². The fourth-order valence-corrected chi connectivity index (χ4v) is 2.66. The summed E-state index contributed by atoms with van der Waals surface area (Å²) in [7, 11) is 0. The molecule has 0 saturated heterocycles. The van der Waals surface area contributed by atoms with E-state index in [2.05, 4.69) is 10.4 Å². The third kappa shape index (κ3) is 3.48. The van der Waals surface area contributed by atoms with Crippen molar-refractivity contribution in [1.82, 2.24) is 9.78 Å². The Morgan fingerprint density at radius 3 is 3.00 bits per heavy atom. The summed E-state index contributed by atoms with van der Waals surface area (Å²) in [5, 5.41) is 16.9. The van der Waals surface area contributed by atoms with E-state index < -0.39 is 0 Å². The average Bonchev–Trinajstić information content (AvgIpc) is 2.80. The van der Waals surface area contributed by atoms with Gasteiger partial charge in [0, 0.05) is 13.1 Å². The molecular formula is C13H20ClN3O2. The fourth-order valence-electron chi connectivity index (χ4n) is 2.45. The van der Waals surface area contributed by atoms with Crippen LogP contribution < -0.4 is 10.9 Å². The molecule has 1 aliphatic rings. The van der Waals surface area contributed by atoms with E-state index in [0.717, 1.165) is 32.2 Å². The van der Waals surface area contributed by atoms with Crippen molar-refractivity contribution in [3.63, 3.8) is 0 Å². The zero-order chi connectivity index (χ0) is 13.8. The standard InChI is InChI=1S/C13H20ClN3O2/c1-2-5-17-13(19)12(14)11(8-16-17)15-7-9-3-4-10(18)6-9/h8-10,15,18H,2-7H2,1H3. The molecule has 1 heterocycles. The summed E-state index contributed by atoms with van der Waals surface area (Å²) < 4.78 is 1.38. The number of rotatable bonds is 5. The predicted octanol–water partition coefficient (Wildman–Crippen LogP) is 1.88. The van der Waals surface area contributed by atoms with Gasteiger partial charge in [0.15, 0.2) is 0 Å². The smallest absolute Gasteiger partial charge is 0.287 e. The number of hydrogen-bond donors (Lipinski definition) is 2. The number of anilines is 1. The second-order valence-corrected chi connectivity index (χ2v) is 5.49. The Labute approximate surface area is 117 Å². The van der Waals surface area contributed by atoms with Gasteiger partial charge < -0.3 is 10.4 Å². The summed E-state index contributed by atoms with van der Waals surface area (Å²) in [5.74, 6) is 0.434. The highest BCUT2D eigenvalue weighted by atomic mass is 35.5. The van der Waals surface area contributed by atoms with Crippen molar-refractivity contribution in [3.8, 4) is 0 Å². The first kappa shape index (κ1) is 14.3. The van der Waals surface area contributed by atoms with Gasteiger partial charge in [-0.1, -0.05) is 18.5 Å². The first-order chi connectivity index (χ1) is 9.11. The van der Waals surface area contributed by atoms with Crippen LogP contribution in [0.2, 0.25) is 5.02 Å². The number of aryl methyl sites for hydroxylation is 1. The van der Waals surface area contributed by atoms with Gasteiger partial charge in [-0.3, -0.25) is 4.79 Å². The first-order valence-corrected chi connectivity index (χ1v) is 7.17. The normalized spacial score (nSPS) is 22.7. The van der Waals surface area contributed by atoms with Crippen LogP contribution in [0, 0.1) is 5.92 Å². The van der Waals surface area contributed by atoms with Crippen molar-refractivity contribution in [2.24, 2.45) is 5.92 Å². The highest BCUT2D eigenvalue weighted by molar-refractivity contribution is 6.32.